The quantitative estimate of drug-likeness (QED) is 0.362. The molecule has 0 aliphatic carbocycles. The molecule has 0 atom stereocenters. The third-order valence-electron chi connectivity index (χ3n) is 4.32. The van der Waals surface area contributed by atoms with E-state index in [1.807, 2.05) is 12.1 Å². The average Bonchev–Trinajstić information content (AvgIpc) is 2.45. The zero-order valence-corrected chi connectivity index (χ0v) is 15.6. The normalized spacial score (nSPS) is 12.2. The van der Waals surface area contributed by atoms with Gasteiger partial charge in [-0.2, -0.15) is 0 Å². The molecule has 0 spiro atoms. The van der Waals surface area contributed by atoms with Crippen LogP contribution in [-0.4, -0.2) is 27.8 Å². The van der Waals surface area contributed by atoms with Crippen LogP contribution in [0.1, 0.15) is 50.4 Å². The summed E-state index contributed by atoms with van der Waals surface area (Å²) in [6, 6.07) is 7.27. The molecule has 0 heterocycles. The van der Waals surface area contributed by atoms with E-state index in [1.165, 1.54) is 0 Å². The minimum atomic E-state index is -1.60. The summed E-state index contributed by atoms with van der Waals surface area (Å²) in [5, 5.41) is 0.277. The minimum Gasteiger partial charge on any atom is -0.494 e. The molecule has 0 saturated heterocycles. The van der Waals surface area contributed by atoms with E-state index in [2.05, 4.69) is 33.9 Å². The predicted octanol–water partition coefficient (Wildman–Crippen LogP) is 5.07. The number of unbranched alkanes of at least 4 members (excludes halogenated alkanes) is 2. The summed E-state index contributed by atoms with van der Waals surface area (Å²) in [5.74, 6) is 0.766. The molecule has 124 valence electrons. The van der Waals surface area contributed by atoms with Gasteiger partial charge in [0.1, 0.15) is 12.0 Å². The summed E-state index contributed by atoms with van der Waals surface area (Å²) in [6.45, 7) is 12.9. The number of benzene rings is 1. The van der Waals surface area contributed by atoms with Crippen LogP contribution >= 0.6 is 0 Å². The van der Waals surface area contributed by atoms with Gasteiger partial charge in [-0.05, 0) is 49.5 Å². The van der Waals surface area contributed by atoms with Crippen molar-refractivity contribution in [3.05, 3.63) is 29.8 Å². The van der Waals surface area contributed by atoms with Crippen LogP contribution in [0.5, 0.6) is 5.75 Å². The van der Waals surface area contributed by atoms with Crippen molar-refractivity contribution >= 4 is 14.6 Å². The summed E-state index contributed by atoms with van der Waals surface area (Å²) < 4.78 is 11.8. The van der Waals surface area contributed by atoms with Gasteiger partial charge in [-0.15, -0.1) is 0 Å². The van der Waals surface area contributed by atoms with Gasteiger partial charge in [-0.3, -0.25) is 4.79 Å². The Kier molecular flexibility index (Phi) is 7.30. The molecular weight excluding hydrogens is 292 g/mol. The maximum Gasteiger partial charge on any atom is 0.191 e. The summed E-state index contributed by atoms with van der Waals surface area (Å²) >= 11 is 0. The number of hydrogen-bond donors (Lipinski definition) is 0. The largest absolute Gasteiger partial charge is 0.494 e. The first-order valence-corrected chi connectivity index (χ1v) is 11.0. The molecule has 0 aliphatic heterocycles. The number of aldehydes is 1. The molecular formula is C18H30O3Si. The van der Waals surface area contributed by atoms with Gasteiger partial charge < -0.3 is 9.16 Å². The summed E-state index contributed by atoms with van der Waals surface area (Å²) in [5.41, 5.74) is 0.653. The predicted molar refractivity (Wildman–Crippen MR) is 94.3 cm³/mol. The van der Waals surface area contributed by atoms with E-state index in [-0.39, 0.29) is 5.04 Å². The first-order chi connectivity index (χ1) is 10.3. The highest BCUT2D eigenvalue weighted by molar-refractivity contribution is 6.74. The highest BCUT2D eigenvalue weighted by Crippen LogP contribution is 2.36. The van der Waals surface area contributed by atoms with Gasteiger partial charge in [0.05, 0.1) is 6.61 Å². The lowest BCUT2D eigenvalue weighted by Gasteiger charge is -2.36. The molecule has 0 radical (unpaired) electrons. The molecule has 0 bridgehead atoms. The maximum absolute atomic E-state index is 10.7. The Morgan fingerprint density at radius 1 is 1.09 bits per heavy atom. The number of carbonyl (C=O) groups excluding carboxylic acids is 1. The van der Waals surface area contributed by atoms with Gasteiger partial charge in [0.25, 0.3) is 0 Å². The summed E-state index contributed by atoms with van der Waals surface area (Å²) in [4.78, 5) is 10.7. The molecule has 0 aliphatic rings. The van der Waals surface area contributed by atoms with Crippen LogP contribution in [0.15, 0.2) is 24.3 Å². The van der Waals surface area contributed by atoms with E-state index >= 15 is 0 Å². The molecule has 0 saturated carbocycles. The molecule has 0 amide bonds. The molecule has 3 nitrogen and oxygen atoms in total. The maximum atomic E-state index is 10.7. The van der Waals surface area contributed by atoms with E-state index in [0.29, 0.717) is 12.2 Å². The SMILES string of the molecule is CC(C)(C)[Si](C)(C)OCCCCCOc1cccc(C=O)c1. The number of ether oxygens (including phenoxy) is 1. The van der Waals surface area contributed by atoms with Crippen LogP contribution in [0.4, 0.5) is 0 Å². The van der Waals surface area contributed by atoms with Gasteiger partial charge in [-0.25, -0.2) is 0 Å². The van der Waals surface area contributed by atoms with Crippen molar-refractivity contribution in [2.75, 3.05) is 13.2 Å². The molecule has 1 rings (SSSR count). The van der Waals surface area contributed by atoms with Gasteiger partial charge in [0.2, 0.25) is 0 Å². The average molecular weight is 323 g/mol. The second kappa shape index (κ2) is 8.49. The van der Waals surface area contributed by atoms with Crippen molar-refractivity contribution in [3.8, 4) is 5.75 Å². The standard InChI is InChI=1S/C18H30O3Si/c1-18(2,3)22(4,5)21-13-8-6-7-12-20-17-11-9-10-16(14-17)15-19/h9-11,14-15H,6-8,12-13H2,1-5H3. The highest BCUT2D eigenvalue weighted by Gasteiger charge is 2.36. The van der Waals surface area contributed by atoms with E-state index in [9.17, 15) is 4.79 Å². The molecule has 4 heteroatoms. The smallest absolute Gasteiger partial charge is 0.191 e. The highest BCUT2D eigenvalue weighted by atomic mass is 28.4. The van der Waals surface area contributed by atoms with Crippen LogP contribution in [0, 0.1) is 0 Å². The van der Waals surface area contributed by atoms with Crippen molar-refractivity contribution in [2.24, 2.45) is 0 Å². The summed E-state index contributed by atoms with van der Waals surface area (Å²) in [7, 11) is -1.60. The van der Waals surface area contributed by atoms with E-state index in [1.54, 1.807) is 12.1 Å². The molecule has 0 N–H and O–H groups in total. The first kappa shape index (κ1) is 18.9. The van der Waals surface area contributed by atoms with Gasteiger partial charge in [0, 0.05) is 12.2 Å². The van der Waals surface area contributed by atoms with Crippen molar-refractivity contribution in [3.63, 3.8) is 0 Å². The molecule has 0 unspecified atom stereocenters. The first-order valence-electron chi connectivity index (χ1n) is 8.08. The lowest BCUT2D eigenvalue weighted by molar-refractivity contribution is 0.112. The fourth-order valence-corrected chi connectivity index (χ4v) is 2.88. The molecule has 22 heavy (non-hydrogen) atoms. The number of rotatable bonds is 9. The fraction of sp³-hybridized carbons (Fsp3) is 0.611. The topological polar surface area (TPSA) is 35.5 Å². The Morgan fingerprint density at radius 3 is 2.41 bits per heavy atom. The van der Waals surface area contributed by atoms with Crippen molar-refractivity contribution in [2.45, 2.75) is 58.2 Å². The Morgan fingerprint density at radius 2 is 1.77 bits per heavy atom. The van der Waals surface area contributed by atoms with Gasteiger partial charge in [-0.1, -0.05) is 32.9 Å². The summed E-state index contributed by atoms with van der Waals surface area (Å²) in [6.07, 6.45) is 4.02. The lowest BCUT2D eigenvalue weighted by atomic mass is 10.2. The van der Waals surface area contributed by atoms with Crippen molar-refractivity contribution < 1.29 is 14.0 Å². The van der Waals surface area contributed by atoms with E-state index in [4.69, 9.17) is 9.16 Å². The van der Waals surface area contributed by atoms with Crippen molar-refractivity contribution in [1.29, 1.82) is 0 Å². The lowest BCUT2D eigenvalue weighted by Crippen LogP contribution is -2.40. The third kappa shape index (κ3) is 6.32. The second-order valence-electron chi connectivity index (χ2n) is 7.21. The molecule has 0 fully saturated rings. The van der Waals surface area contributed by atoms with Gasteiger partial charge >= 0.3 is 0 Å². The molecule has 0 aromatic heterocycles. The molecule has 1 aromatic carbocycles. The van der Waals surface area contributed by atoms with E-state index < -0.39 is 8.32 Å². The van der Waals surface area contributed by atoms with Crippen molar-refractivity contribution in [1.82, 2.24) is 0 Å². The van der Waals surface area contributed by atoms with E-state index in [0.717, 1.165) is 37.9 Å². The number of carbonyl (C=O) groups is 1. The van der Waals surface area contributed by atoms with Crippen LogP contribution in [0.2, 0.25) is 18.1 Å². The zero-order valence-electron chi connectivity index (χ0n) is 14.6. The van der Waals surface area contributed by atoms with Crippen LogP contribution in [0.25, 0.3) is 0 Å². The number of hydrogen-bond acceptors (Lipinski definition) is 3. The Hall–Kier alpha value is -1.13. The zero-order chi connectivity index (χ0) is 16.6. The Bertz CT molecular complexity index is 464. The fourth-order valence-electron chi connectivity index (χ4n) is 1.79. The van der Waals surface area contributed by atoms with Crippen LogP contribution in [0.3, 0.4) is 0 Å². The van der Waals surface area contributed by atoms with Crippen LogP contribution in [-0.2, 0) is 4.43 Å². The minimum absolute atomic E-state index is 0.277. The molecule has 1 aromatic rings. The Labute approximate surface area is 136 Å². The second-order valence-corrected chi connectivity index (χ2v) is 12.0. The monoisotopic (exact) mass is 322 g/mol. The third-order valence-corrected chi connectivity index (χ3v) is 8.86. The van der Waals surface area contributed by atoms with Crippen LogP contribution < -0.4 is 4.74 Å². The van der Waals surface area contributed by atoms with Gasteiger partial charge in [0.15, 0.2) is 8.32 Å². The Balaban J connectivity index is 2.15.